The largest absolute Gasteiger partial charge is 0.494 e. The van der Waals surface area contributed by atoms with E-state index in [2.05, 4.69) is 4.99 Å². The van der Waals surface area contributed by atoms with Crippen LogP contribution in [-0.2, 0) is 11.3 Å². The molecule has 6 heteroatoms. The molecule has 26 heavy (non-hydrogen) atoms. The zero-order valence-corrected chi connectivity index (χ0v) is 15.8. The molecule has 0 radical (unpaired) electrons. The van der Waals surface area contributed by atoms with Crippen molar-refractivity contribution in [1.82, 2.24) is 4.57 Å². The molecule has 2 aromatic carbocycles. The van der Waals surface area contributed by atoms with Gasteiger partial charge < -0.3 is 14.0 Å². The maximum absolute atomic E-state index is 12.6. The minimum Gasteiger partial charge on any atom is -0.494 e. The molecule has 0 fully saturated rings. The van der Waals surface area contributed by atoms with Crippen LogP contribution in [0.25, 0.3) is 10.2 Å². The third-order valence-corrected chi connectivity index (χ3v) is 4.92. The molecule has 3 rings (SSSR count). The molecule has 0 saturated heterocycles. The first-order chi connectivity index (χ1) is 12.7. The Hall–Kier alpha value is -2.44. The lowest BCUT2D eigenvalue weighted by atomic mass is 10.2. The van der Waals surface area contributed by atoms with E-state index in [1.807, 2.05) is 42.7 Å². The quantitative estimate of drug-likeness (QED) is 0.593. The maximum atomic E-state index is 12.6. The van der Waals surface area contributed by atoms with Crippen molar-refractivity contribution in [2.75, 3.05) is 19.8 Å². The Bertz CT molecular complexity index is 942. The first-order valence-corrected chi connectivity index (χ1v) is 9.52. The number of benzene rings is 2. The van der Waals surface area contributed by atoms with E-state index in [0.717, 1.165) is 16.0 Å². The minimum atomic E-state index is -0.259. The topological polar surface area (TPSA) is 52.8 Å². The number of para-hydroxylation sites is 1. The molecule has 136 valence electrons. The molecule has 0 bridgehead atoms. The fourth-order valence-electron chi connectivity index (χ4n) is 2.63. The van der Waals surface area contributed by atoms with Gasteiger partial charge in [-0.15, -0.1) is 0 Å². The van der Waals surface area contributed by atoms with E-state index in [4.69, 9.17) is 9.47 Å². The van der Waals surface area contributed by atoms with Gasteiger partial charge in [0, 0.05) is 18.7 Å². The van der Waals surface area contributed by atoms with Gasteiger partial charge in [0.15, 0.2) is 4.80 Å². The molecule has 1 aromatic heterocycles. The third kappa shape index (κ3) is 4.20. The molecule has 5 nitrogen and oxygen atoms in total. The average Bonchev–Trinajstić information content (AvgIpc) is 3.00. The van der Waals surface area contributed by atoms with Crippen LogP contribution < -0.4 is 9.54 Å². The summed E-state index contributed by atoms with van der Waals surface area (Å²) in [4.78, 5) is 17.6. The number of rotatable bonds is 7. The van der Waals surface area contributed by atoms with E-state index < -0.39 is 0 Å². The maximum Gasteiger partial charge on any atom is 0.279 e. The number of ether oxygens (including phenoxy) is 2. The van der Waals surface area contributed by atoms with Gasteiger partial charge >= 0.3 is 0 Å². The number of hydrogen-bond acceptors (Lipinski definition) is 4. The number of nitrogens with zero attached hydrogens (tertiary/aromatic N) is 2. The molecule has 0 unspecified atom stereocenters. The highest BCUT2D eigenvalue weighted by Crippen LogP contribution is 2.17. The lowest BCUT2D eigenvalue weighted by Gasteiger charge is -2.05. The normalized spacial score (nSPS) is 11.8. The molecule has 0 N–H and O–H groups in total. The predicted molar refractivity (Wildman–Crippen MR) is 104 cm³/mol. The number of amides is 1. The van der Waals surface area contributed by atoms with Gasteiger partial charge in [0.05, 0.1) is 23.4 Å². The first-order valence-electron chi connectivity index (χ1n) is 8.71. The zero-order valence-electron chi connectivity index (χ0n) is 15.0. The molecule has 1 amide bonds. The Kier molecular flexibility index (Phi) is 6.20. The summed E-state index contributed by atoms with van der Waals surface area (Å²) in [5, 5.41) is 0. The van der Waals surface area contributed by atoms with Crippen molar-refractivity contribution >= 4 is 27.5 Å². The van der Waals surface area contributed by atoms with Crippen molar-refractivity contribution in [2.24, 2.45) is 4.99 Å². The highest BCUT2D eigenvalue weighted by Gasteiger charge is 2.09. The highest BCUT2D eigenvalue weighted by molar-refractivity contribution is 7.16. The number of aromatic nitrogens is 1. The van der Waals surface area contributed by atoms with Gasteiger partial charge in [-0.05, 0) is 50.2 Å². The van der Waals surface area contributed by atoms with Gasteiger partial charge in [-0.2, -0.15) is 4.99 Å². The van der Waals surface area contributed by atoms with E-state index in [9.17, 15) is 4.79 Å². The smallest absolute Gasteiger partial charge is 0.279 e. The van der Waals surface area contributed by atoms with E-state index in [1.165, 1.54) is 11.3 Å². The van der Waals surface area contributed by atoms with Crippen LogP contribution in [0, 0.1) is 0 Å². The van der Waals surface area contributed by atoms with Crippen molar-refractivity contribution in [3.63, 3.8) is 0 Å². The molecule has 0 aliphatic heterocycles. The summed E-state index contributed by atoms with van der Waals surface area (Å²) in [5.41, 5.74) is 1.61. The molecule has 1 heterocycles. The van der Waals surface area contributed by atoms with E-state index >= 15 is 0 Å². The Morgan fingerprint density at radius 2 is 1.85 bits per heavy atom. The second kappa shape index (κ2) is 8.78. The van der Waals surface area contributed by atoms with Crippen molar-refractivity contribution in [3.8, 4) is 5.75 Å². The first kappa shape index (κ1) is 18.4. The molecule has 0 spiro atoms. The molecule has 0 saturated carbocycles. The summed E-state index contributed by atoms with van der Waals surface area (Å²) in [6.45, 7) is 6.41. The molecular formula is C20H22N2O3S. The van der Waals surface area contributed by atoms with Crippen LogP contribution in [0.15, 0.2) is 53.5 Å². The van der Waals surface area contributed by atoms with Crippen LogP contribution >= 0.6 is 11.3 Å². The minimum absolute atomic E-state index is 0.259. The van der Waals surface area contributed by atoms with Crippen LogP contribution in [0.1, 0.15) is 24.2 Å². The van der Waals surface area contributed by atoms with Crippen LogP contribution in [0.3, 0.4) is 0 Å². The summed E-state index contributed by atoms with van der Waals surface area (Å²) >= 11 is 1.51. The summed E-state index contributed by atoms with van der Waals surface area (Å²) in [5.74, 6) is 0.488. The fraction of sp³-hybridized carbons (Fsp3) is 0.300. The standard InChI is InChI=1S/C20H22N2O3S/c1-3-24-14-13-22-17-7-5-6-8-18(17)26-20(22)21-19(23)15-9-11-16(12-10-15)25-4-2/h5-12H,3-4,13-14H2,1-2H3. The Balaban J connectivity index is 1.94. The lowest BCUT2D eigenvalue weighted by Crippen LogP contribution is -2.19. The van der Waals surface area contributed by atoms with E-state index in [0.29, 0.717) is 36.7 Å². The molecule has 0 atom stereocenters. The Morgan fingerprint density at radius 3 is 2.58 bits per heavy atom. The fourth-order valence-corrected chi connectivity index (χ4v) is 3.69. The van der Waals surface area contributed by atoms with Crippen LogP contribution in [-0.4, -0.2) is 30.3 Å². The van der Waals surface area contributed by atoms with Crippen molar-refractivity contribution in [2.45, 2.75) is 20.4 Å². The monoisotopic (exact) mass is 370 g/mol. The third-order valence-electron chi connectivity index (χ3n) is 3.86. The van der Waals surface area contributed by atoms with Gasteiger partial charge in [0.25, 0.3) is 5.91 Å². The summed E-state index contributed by atoms with van der Waals surface area (Å²) < 4.78 is 14.0. The van der Waals surface area contributed by atoms with Gasteiger partial charge in [-0.1, -0.05) is 23.5 Å². The molecule has 0 aliphatic carbocycles. The summed E-state index contributed by atoms with van der Waals surface area (Å²) in [6, 6.07) is 15.1. The van der Waals surface area contributed by atoms with Crippen LogP contribution in [0.5, 0.6) is 5.75 Å². The van der Waals surface area contributed by atoms with E-state index in [-0.39, 0.29) is 5.91 Å². The van der Waals surface area contributed by atoms with Crippen LogP contribution in [0.2, 0.25) is 0 Å². The number of fused-ring (bicyclic) bond motifs is 1. The van der Waals surface area contributed by atoms with Crippen molar-refractivity contribution < 1.29 is 14.3 Å². The van der Waals surface area contributed by atoms with Gasteiger partial charge in [-0.3, -0.25) is 4.79 Å². The molecule has 0 aliphatic rings. The van der Waals surface area contributed by atoms with Crippen LogP contribution in [0.4, 0.5) is 0 Å². The van der Waals surface area contributed by atoms with E-state index in [1.54, 1.807) is 24.3 Å². The van der Waals surface area contributed by atoms with Gasteiger partial charge in [-0.25, -0.2) is 0 Å². The molecular weight excluding hydrogens is 348 g/mol. The van der Waals surface area contributed by atoms with Gasteiger partial charge in [0.1, 0.15) is 5.75 Å². The Labute approximate surface area is 156 Å². The second-order valence-corrected chi connectivity index (χ2v) is 6.58. The van der Waals surface area contributed by atoms with Gasteiger partial charge in [0.2, 0.25) is 0 Å². The molecule has 3 aromatic rings. The van der Waals surface area contributed by atoms with Crippen molar-refractivity contribution in [3.05, 3.63) is 58.9 Å². The van der Waals surface area contributed by atoms with Crippen molar-refractivity contribution in [1.29, 1.82) is 0 Å². The predicted octanol–water partition coefficient (Wildman–Crippen LogP) is 3.88. The number of thiazole rings is 1. The summed E-state index contributed by atoms with van der Waals surface area (Å²) in [6.07, 6.45) is 0. The summed E-state index contributed by atoms with van der Waals surface area (Å²) in [7, 11) is 0. The number of hydrogen-bond donors (Lipinski definition) is 0. The lowest BCUT2D eigenvalue weighted by molar-refractivity contribution is 0.0996. The number of carbonyl (C=O) groups excluding carboxylic acids is 1. The Morgan fingerprint density at radius 1 is 1.08 bits per heavy atom. The second-order valence-electron chi connectivity index (χ2n) is 5.58. The number of carbonyl (C=O) groups is 1. The zero-order chi connectivity index (χ0) is 18.4. The highest BCUT2D eigenvalue weighted by atomic mass is 32.1. The average molecular weight is 370 g/mol. The SMILES string of the molecule is CCOCCn1c(=NC(=O)c2ccc(OCC)cc2)sc2ccccc21.